The average molecular weight is 269 g/mol. The third-order valence-corrected chi connectivity index (χ3v) is 3.39. The molecule has 0 bridgehead atoms. The standard InChI is InChI=1S/C12H13ClN2O3/c13-8-2-10-11(18-6-17-10)3-9(8)15-12(16)1-7-4-14-5-7/h2-3,7,14H,1,4-6H2,(H,15,16). The van der Waals surface area contributed by atoms with Crippen LogP contribution in [0.5, 0.6) is 11.5 Å². The number of ether oxygens (including phenoxy) is 2. The highest BCUT2D eigenvalue weighted by atomic mass is 35.5. The molecule has 2 aliphatic heterocycles. The number of amides is 1. The van der Waals surface area contributed by atoms with Gasteiger partial charge in [-0.05, 0) is 19.0 Å². The summed E-state index contributed by atoms with van der Waals surface area (Å²) in [5.74, 6) is 1.63. The van der Waals surface area contributed by atoms with E-state index in [9.17, 15) is 4.79 Å². The zero-order valence-corrected chi connectivity index (χ0v) is 10.4. The van der Waals surface area contributed by atoms with E-state index in [0.29, 0.717) is 34.5 Å². The molecule has 0 atom stereocenters. The Morgan fingerprint density at radius 2 is 2.11 bits per heavy atom. The quantitative estimate of drug-likeness (QED) is 0.875. The van der Waals surface area contributed by atoms with E-state index in [1.54, 1.807) is 12.1 Å². The Balaban J connectivity index is 1.69. The van der Waals surface area contributed by atoms with Gasteiger partial charge in [-0.2, -0.15) is 0 Å². The Kier molecular flexibility index (Phi) is 3.01. The maximum absolute atomic E-state index is 11.8. The van der Waals surface area contributed by atoms with E-state index < -0.39 is 0 Å². The second-order valence-corrected chi connectivity index (χ2v) is 4.87. The first-order valence-electron chi connectivity index (χ1n) is 5.82. The summed E-state index contributed by atoms with van der Waals surface area (Å²) in [4.78, 5) is 11.8. The van der Waals surface area contributed by atoms with Gasteiger partial charge in [0.05, 0.1) is 10.7 Å². The van der Waals surface area contributed by atoms with Crippen LogP contribution in [-0.4, -0.2) is 25.8 Å². The van der Waals surface area contributed by atoms with Gasteiger partial charge in [-0.15, -0.1) is 0 Å². The number of benzene rings is 1. The highest BCUT2D eigenvalue weighted by Gasteiger charge is 2.22. The zero-order chi connectivity index (χ0) is 12.5. The van der Waals surface area contributed by atoms with Crippen LogP contribution in [0, 0.1) is 5.92 Å². The van der Waals surface area contributed by atoms with Crippen molar-refractivity contribution in [2.45, 2.75) is 6.42 Å². The number of rotatable bonds is 3. The number of nitrogens with one attached hydrogen (secondary N) is 2. The largest absolute Gasteiger partial charge is 0.454 e. The molecule has 0 aromatic heterocycles. The molecule has 1 fully saturated rings. The molecule has 0 radical (unpaired) electrons. The molecular formula is C12H13ClN2O3. The minimum Gasteiger partial charge on any atom is -0.454 e. The second-order valence-electron chi connectivity index (χ2n) is 4.46. The third-order valence-electron chi connectivity index (χ3n) is 3.08. The average Bonchev–Trinajstić information content (AvgIpc) is 2.71. The molecule has 18 heavy (non-hydrogen) atoms. The van der Waals surface area contributed by atoms with Crippen molar-refractivity contribution in [1.29, 1.82) is 0 Å². The first kappa shape index (κ1) is 11.6. The van der Waals surface area contributed by atoms with Crippen molar-refractivity contribution in [2.75, 3.05) is 25.2 Å². The predicted octanol–water partition coefficient (Wildman–Crippen LogP) is 1.62. The van der Waals surface area contributed by atoms with Crippen LogP contribution in [0.4, 0.5) is 5.69 Å². The van der Waals surface area contributed by atoms with Gasteiger partial charge < -0.3 is 20.1 Å². The van der Waals surface area contributed by atoms with E-state index in [4.69, 9.17) is 21.1 Å². The minimum atomic E-state index is -0.0257. The normalized spacial score (nSPS) is 17.4. The van der Waals surface area contributed by atoms with Crippen LogP contribution < -0.4 is 20.1 Å². The maximum atomic E-state index is 11.8. The maximum Gasteiger partial charge on any atom is 0.231 e. The molecule has 2 heterocycles. The van der Waals surface area contributed by atoms with Gasteiger partial charge in [0.2, 0.25) is 12.7 Å². The molecule has 6 heteroatoms. The summed E-state index contributed by atoms with van der Waals surface area (Å²) in [6, 6.07) is 3.35. The molecule has 0 unspecified atom stereocenters. The van der Waals surface area contributed by atoms with Crippen molar-refractivity contribution in [2.24, 2.45) is 5.92 Å². The van der Waals surface area contributed by atoms with Crippen LogP contribution in [-0.2, 0) is 4.79 Å². The van der Waals surface area contributed by atoms with Crippen molar-refractivity contribution < 1.29 is 14.3 Å². The first-order valence-corrected chi connectivity index (χ1v) is 6.20. The van der Waals surface area contributed by atoms with E-state index in [0.717, 1.165) is 13.1 Å². The van der Waals surface area contributed by atoms with E-state index in [2.05, 4.69) is 10.6 Å². The van der Waals surface area contributed by atoms with Crippen molar-refractivity contribution in [3.8, 4) is 11.5 Å². The van der Waals surface area contributed by atoms with Crippen molar-refractivity contribution >= 4 is 23.2 Å². The van der Waals surface area contributed by atoms with E-state index in [-0.39, 0.29) is 12.7 Å². The van der Waals surface area contributed by atoms with E-state index in [1.807, 2.05) is 0 Å². The monoisotopic (exact) mass is 268 g/mol. The van der Waals surface area contributed by atoms with Gasteiger partial charge in [0.25, 0.3) is 0 Å². The van der Waals surface area contributed by atoms with Crippen LogP contribution in [0.15, 0.2) is 12.1 Å². The van der Waals surface area contributed by atoms with Gasteiger partial charge in [-0.25, -0.2) is 0 Å². The molecule has 1 aromatic carbocycles. The summed E-state index contributed by atoms with van der Waals surface area (Å²) in [6.45, 7) is 2.00. The fraction of sp³-hybridized carbons (Fsp3) is 0.417. The number of carbonyl (C=O) groups is 1. The van der Waals surface area contributed by atoms with Crippen molar-refractivity contribution in [3.05, 3.63) is 17.2 Å². The number of anilines is 1. The van der Waals surface area contributed by atoms with Gasteiger partial charge in [0.15, 0.2) is 11.5 Å². The van der Waals surface area contributed by atoms with Crippen molar-refractivity contribution in [3.63, 3.8) is 0 Å². The summed E-state index contributed by atoms with van der Waals surface area (Å²) in [7, 11) is 0. The zero-order valence-electron chi connectivity index (χ0n) is 9.66. The summed E-state index contributed by atoms with van der Waals surface area (Å²) >= 11 is 6.07. The SMILES string of the molecule is O=C(CC1CNC1)Nc1cc2c(cc1Cl)OCO2. The van der Waals surface area contributed by atoms with Crippen LogP contribution in [0.3, 0.4) is 0 Å². The highest BCUT2D eigenvalue weighted by molar-refractivity contribution is 6.34. The summed E-state index contributed by atoms with van der Waals surface area (Å²) < 4.78 is 10.4. The lowest BCUT2D eigenvalue weighted by Gasteiger charge is -2.26. The van der Waals surface area contributed by atoms with Gasteiger partial charge >= 0.3 is 0 Å². The van der Waals surface area contributed by atoms with Crippen LogP contribution in [0.1, 0.15) is 6.42 Å². The fourth-order valence-electron chi connectivity index (χ4n) is 1.97. The van der Waals surface area contributed by atoms with Gasteiger partial charge in [0, 0.05) is 18.6 Å². The molecule has 96 valence electrons. The molecule has 0 spiro atoms. The Bertz CT molecular complexity index is 488. The Morgan fingerprint density at radius 3 is 2.78 bits per heavy atom. The van der Waals surface area contributed by atoms with Gasteiger partial charge in [-0.1, -0.05) is 11.6 Å². The molecule has 1 aromatic rings. The number of hydrogen-bond donors (Lipinski definition) is 2. The number of hydrogen-bond acceptors (Lipinski definition) is 4. The van der Waals surface area contributed by atoms with Crippen molar-refractivity contribution in [1.82, 2.24) is 5.32 Å². The summed E-state index contributed by atoms with van der Waals surface area (Å²) in [6.07, 6.45) is 0.512. The molecule has 0 saturated carbocycles. The fourth-order valence-corrected chi connectivity index (χ4v) is 2.17. The molecule has 1 saturated heterocycles. The van der Waals surface area contributed by atoms with Gasteiger partial charge in [-0.3, -0.25) is 4.79 Å². The molecule has 5 nitrogen and oxygen atoms in total. The van der Waals surface area contributed by atoms with Gasteiger partial charge in [0.1, 0.15) is 0 Å². The molecule has 2 aliphatic rings. The smallest absolute Gasteiger partial charge is 0.231 e. The number of halogens is 1. The minimum absolute atomic E-state index is 0.0257. The van der Waals surface area contributed by atoms with Crippen LogP contribution in [0.25, 0.3) is 0 Å². The molecule has 1 amide bonds. The molecule has 0 aliphatic carbocycles. The number of carbonyl (C=O) groups excluding carboxylic acids is 1. The summed E-state index contributed by atoms with van der Waals surface area (Å²) in [5, 5.41) is 6.40. The Morgan fingerprint density at radius 1 is 1.39 bits per heavy atom. The highest BCUT2D eigenvalue weighted by Crippen LogP contribution is 2.39. The molecule has 3 rings (SSSR count). The summed E-state index contributed by atoms with van der Waals surface area (Å²) in [5.41, 5.74) is 0.568. The molecule has 2 N–H and O–H groups in total. The third kappa shape index (κ3) is 2.23. The lowest BCUT2D eigenvalue weighted by Crippen LogP contribution is -2.43. The number of fused-ring (bicyclic) bond motifs is 1. The first-order chi connectivity index (χ1) is 8.72. The Hall–Kier alpha value is -1.46. The van der Waals surface area contributed by atoms with E-state index in [1.165, 1.54) is 0 Å². The topological polar surface area (TPSA) is 59.6 Å². The predicted molar refractivity (Wildman–Crippen MR) is 67.2 cm³/mol. The lowest BCUT2D eigenvalue weighted by atomic mass is 9.99. The van der Waals surface area contributed by atoms with Crippen LogP contribution in [0.2, 0.25) is 5.02 Å². The lowest BCUT2D eigenvalue weighted by molar-refractivity contribution is -0.117. The Labute approximate surface area is 109 Å². The van der Waals surface area contributed by atoms with Crippen LogP contribution >= 0.6 is 11.6 Å². The second kappa shape index (κ2) is 4.66. The molecular weight excluding hydrogens is 256 g/mol. The van der Waals surface area contributed by atoms with E-state index >= 15 is 0 Å².